The van der Waals surface area contributed by atoms with Gasteiger partial charge >= 0.3 is 5.97 Å². The number of likely N-dealkylation sites (tertiary alicyclic amines) is 1. The van der Waals surface area contributed by atoms with Crippen LogP contribution >= 0.6 is 0 Å². The first-order chi connectivity index (χ1) is 15.7. The summed E-state index contributed by atoms with van der Waals surface area (Å²) in [4.78, 5) is 17.9. The van der Waals surface area contributed by atoms with Crippen LogP contribution in [0, 0.1) is 0 Å². The van der Waals surface area contributed by atoms with E-state index in [1.165, 1.54) is 69.4 Å². The van der Waals surface area contributed by atoms with Gasteiger partial charge in [0.1, 0.15) is 5.82 Å². The van der Waals surface area contributed by atoms with Crippen molar-refractivity contribution in [1.29, 1.82) is 0 Å². The van der Waals surface area contributed by atoms with Gasteiger partial charge in [-0.2, -0.15) is 0 Å². The van der Waals surface area contributed by atoms with Crippen molar-refractivity contribution in [1.82, 2.24) is 9.88 Å². The molecule has 0 aliphatic carbocycles. The summed E-state index contributed by atoms with van der Waals surface area (Å²) in [5, 5.41) is 12.1. The van der Waals surface area contributed by atoms with Gasteiger partial charge < -0.3 is 15.3 Å². The number of carboxylic acids is 1. The van der Waals surface area contributed by atoms with Gasteiger partial charge in [-0.3, -0.25) is 4.79 Å². The molecule has 2 aliphatic rings. The van der Waals surface area contributed by atoms with Gasteiger partial charge in [-0.1, -0.05) is 49.7 Å². The lowest BCUT2D eigenvalue weighted by Gasteiger charge is -2.26. The normalized spacial score (nSPS) is 16.8. The molecular weight excluding hydrogens is 398 g/mol. The van der Waals surface area contributed by atoms with Crippen LogP contribution in [0.5, 0.6) is 0 Å². The molecule has 1 atom stereocenters. The second-order valence-corrected chi connectivity index (χ2v) is 8.96. The fourth-order valence-corrected chi connectivity index (χ4v) is 4.61. The Hall–Kier alpha value is -2.40. The molecule has 32 heavy (non-hydrogen) atoms. The molecule has 0 radical (unpaired) electrons. The summed E-state index contributed by atoms with van der Waals surface area (Å²) in [6, 6.07) is 14.3. The van der Waals surface area contributed by atoms with Gasteiger partial charge in [0.25, 0.3) is 0 Å². The lowest BCUT2D eigenvalue weighted by Crippen LogP contribution is -2.30. The zero-order valence-corrected chi connectivity index (χ0v) is 19.6. The number of aliphatic carboxylic acids is 1. The van der Waals surface area contributed by atoms with Gasteiger partial charge in [-0.15, -0.1) is 0 Å². The molecule has 1 saturated heterocycles. The molecule has 174 valence electrons. The molecule has 5 nitrogen and oxygen atoms in total. The van der Waals surface area contributed by atoms with Gasteiger partial charge in [-0.25, -0.2) is 4.98 Å². The molecule has 2 aromatic rings. The summed E-state index contributed by atoms with van der Waals surface area (Å²) < 4.78 is 0. The first kappa shape index (κ1) is 24.2. The Labute approximate surface area is 193 Å². The van der Waals surface area contributed by atoms with Crippen LogP contribution in [0.3, 0.4) is 0 Å². The average Bonchev–Trinajstić information content (AvgIpc) is 2.84. The van der Waals surface area contributed by atoms with Gasteiger partial charge in [-0.05, 0) is 87.7 Å². The number of anilines is 1. The molecule has 0 amide bonds. The number of carbonyl (C=O) groups is 1. The molecule has 0 saturated carbocycles. The Balaban J connectivity index is 0.000000195. The lowest BCUT2D eigenvalue weighted by molar-refractivity contribution is -0.137. The Morgan fingerprint density at radius 3 is 2.59 bits per heavy atom. The Kier molecular flexibility index (Phi) is 10.0. The molecule has 1 aromatic heterocycles. The Bertz CT molecular complexity index is 819. The van der Waals surface area contributed by atoms with Crippen molar-refractivity contribution in [2.24, 2.45) is 0 Å². The van der Waals surface area contributed by atoms with Crippen molar-refractivity contribution in [3.05, 3.63) is 59.3 Å². The highest BCUT2D eigenvalue weighted by Gasteiger charge is 2.13. The summed E-state index contributed by atoms with van der Waals surface area (Å²) in [6.45, 7) is 6.95. The van der Waals surface area contributed by atoms with Crippen LogP contribution in [-0.4, -0.2) is 47.1 Å². The Morgan fingerprint density at radius 1 is 1.09 bits per heavy atom. The topological polar surface area (TPSA) is 65.5 Å². The molecule has 0 spiro atoms. The molecular formula is C27H39N3O2. The van der Waals surface area contributed by atoms with E-state index in [2.05, 4.69) is 22.3 Å². The third-order valence-corrected chi connectivity index (χ3v) is 6.49. The number of aromatic nitrogens is 1. The number of aryl methyl sites for hydroxylation is 2. The number of pyridine rings is 1. The molecule has 3 heterocycles. The molecule has 1 fully saturated rings. The molecule has 2 N–H and O–H groups in total. The van der Waals surface area contributed by atoms with Crippen LogP contribution in [0.1, 0.15) is 74.6 Å². The first-order valence-electron chi connectivity index (χ1n) is 12.4. The van der Waals surface area contributed by atoms with Gasteiger partial charge in [0.2, 0.25) is 0 Å². The quantitative estimate of drug-likeness (QED) is 0.570. The monoisotopic (exact) mass is 437 g/mol. The van der Waals surface area contributed by atoms with E-state index in [4.69, 9.17) is 10.1 Å². The molecule has 0 bridgehead atoms. The van der Waals surface area contributed by atoms with Crippen molar-refractivity contribution in [3.8, 4) is 0 Å². The van der Waals surface area contributed by atoms with Crippen LogP contribution in [0.25, 0.3) is 0 Å². The van der Waals surface area contributed by atoms with Crippen molar-refractivity contribution in [2.75, 3.05) is 31.5 Å². The molecule has 4 rings (SSSR count). The van der Waals surface area contributed by atoms with Gasteiger partial charge in [0.15, 0.2) is 0 Å². The maximum atomic E-state index is 10.5. The predicted octanol–water partition coefficient (Wildman–Crippen LogP) is 5.51. The first-order valence-corrected chi connectivity index (χ1v) is 12.4. The number of piperidine rings is 1. The number of rotatable bonds is 8. The van der Waals surface area contributed by atoms with E-state index >= 15 is 0 Å². The highest BCUT2D eigenvalue weighted by molar-refractivity contribution is 5.68. The van der Waals surface area contributed by atoms with E-state index in [1.54, 1.807) is 0 Å². The zero-order chi connectivity index (χ0) is 22.6. The van der Waals surface area contributed by atoms with E-state index in [1.807, 2.05) is 37.3 Å². The molecule has 5 heteroatoms. The van der Waals surface area contributed by atoms with Crippen LogP contribution in [0.4, 0.5) is 5.82 Å². The Morgan fingerprint density at radius 2 is 1.88 bits per heavy atom. The van der Waals surface area contributed by atoms with E-state index < -0.39 is 5.97 Å². The minimum absolute atomic E-state index is 0.152. The van der Waals surface area contributed by atoms with E-state index in [-0.39, 0.29) is 12.3 Å². The minimum Gasteiger partial charge on any atom is -0.481 e. The summed E-state index contributed by atoms with van der Waals surface area (Å²) in [6.07, 6.45) is 10.1. The van der Waals surface area contributed by atoms with Crippen LogP contribution in [0.2, 0.25) is 0 Å². The average molecular weight is 438 g/mol. The third-order valence-electron chi connectivity index (χ3n) is 6.49. The zero-order valence-electron chi connectivity index (χ0n) is 19.6. The summed E-state index contributed by atoms with van der Waals surface area (Å²) in [7, 11) is 0. The predicted molar refractivity (Wildman–Crippen MR) is 131 cm³/mol. The number of hydrogen-bond acceptors (Lipinski definition) is 4. The largest absolute Gasteiger partial charge is 0.481 e. The van der Waals surface area contributed by atoms with Crippen molar-refractivity contribution in [3.63, 3.8) is 0 Å². The number of benzene rings is 1. The molecule has 1 aromatic carbocycles. The SMILES string of the molecule is CCC(CC(=O)O)c1ccccc1.c1cc2c(nc1CCCN1CCCCC1)NCCC2. The van der Waals surface area contributed by atoms with Crippen molar-refractivity contribution < 1.29 is 9.90 Å². The van der Waals surface area contributed by atoms with Gasteiger partial charge in [0.05, 0.1) is 6.42 Å². The van der Waals surface area contributed by atoms with Crippen molar-refractivity contribution >= 4 is 11.8 Å². The second-order valence-electron chi connectivity index (χ2n) is 8.96. The second kappa shape index (κ2) is 13.2. The maximum Gasteiger partial charge on any atom is 0.303 e. The van der Waals surface area contributed by atoms with Crippen LogP contribution < -0.4 is 5.32 Å². The summed E-state index contributed by atoms with van der Waals surface area (Å²) >= 11 is 0. The van der Waals surface area contributed by atoms with Crippen LogP contribution in [-0.2, 0) is 17.6 Å². The number of fused-ring (bicyclic) bond motifs is 1. The maximum absolute atomic E-state index is 10.5. The molecule has 2 aliphatic heterocycles. The smallest absolute Gasteiger partial charge is 0.303 e. The van der Waals surface area contributed by atoms with E-state index in [0.717, 1.165) is 30.8 Å². The lowest BCUT2D eigenvalue weighted by atomic mass is 9.93. The number of carboxylic acid groups (broad SMARTS) is 1. The highest BCUT2D eigenvalue weighted by atomic mass is 16.4. The summed E-state index contributed by atoms with van der Waals surface area (Å²) in [5.41, 5.74) is 3.77. The third kappa shape index (κ3) is 7.94. The highest BCUT2D eigenvalue weighted by Crippen LogP contribution is 2.22. The van der Waals surface area contributed by atoms with Crippen molar-refractivity contribution in [2.45, 2.75) is 70.6 Å². The van der Waals surface area contributed by atoms with E-state index in [9.17, 15) is 4.79 Å². The standard InChI is InChI=1S/C16H25N3.C11H14O2/c1-2-11-19(12-3-1)13-5-7-15-9-8-14-6-4-10-17-16(14)18-15;1-2-9(8-11(12)13)10-6-4-3-5-7-10/h8-9H,1-7,10-13H2,(H,17,18);3-7,9H,2,8H2,1H3,(H,12,13). The number of nitrogens with zero attached hydrogens (tertiary/aromatic N) is 2. The fourth-order valence-electron chi connectivity index (χ4n) is 4.61. The number of hydrogen-bond donors (Lipinski definition) is 2. The fraction of sp³-hybridized carbons (Fsp3) is 0.556. The van der Waals surface area contributed by atoms with Gasteiger partial charge in [0, 0.05) is 12.2 Å². The van der Waals surface area contributed by atoms with Crippen LogP contribution in [0.15, 0.2) is 42.5 Å². The minimum atomic E-state index is -0.726. The number of nitrogens with one attached hydrogen (secondary N) is 1. The summed E-state index contributed by atoms with van der Waals surface area (Å²) in [5.74, 6) is 0.566. The molecule has 1 unspecified atom stereocenters. The van der Waals surface area contributed by atoms with E-state index in [0.29, 0.717) is 0 Å².